The summed E-state index contributed by atoms with van der Waals surface area (Å²) in [7, 11) is 0. The molecule has 3 aromatic carbocycles. The summed E-state index contributed by atoms with van der Waals surface area (Å²) in [5.41, 5.74) is 2.04. The van der Waals surface area contributed by atoms with Gasteiger partial charge in [-0.1, -0.05) is 29.3 Å². The molecule has 1 atom stereocenters. The summed E-state index contributed by atoms with van der Waals surface area (Å²) in [5, 5.41) is 4.23. The molecular weight excluding hydrogens is 509 g/mol. The maximum absolute atomic E-state index is 13.5. The van der Waals surface area contributed by atoms with E-state index >= 15 is 0 Å². The van der Waals surface area contributed by atoms with Gasteiger partial charge in [-0.2, -0.15) is 0 Å². The molecule has 10 heteroatoms. The van der Waals surface area contributed by atoms with Crippen molar-refractivity contribution in [3.8, 4) is 11.5 Å². The number of hydrogen-bond donors (Lipinski definition) is 1. The van der Waals surface area contributed by atoms with Gasteiger partial charge in [-0.3, -0.25) is 14.5 Å². The van der Waals surface area contributed by atoms with Crippen molar-refractivity contribution in [1.29, 1.82) is 0 Å². The van der Waals surface area contributed by atoms with Crippen molar-refractivity contribution in [2.45, 2.75) is 19.0 Å². The summed E-state index contributed by atoms with van der Waals surface area (Å²) >= 11 is 17.7. The lowest BCUT2D eigenvalue weighted by atomic mass is 10.1. The average Bonchev–Trinajstić information content (AvgIpc) is 3.39. The van der Waals surface area contributed by atoms with Crippen molar-refractivity contribution in [2.24, 2.45) is 0 Å². The Balaban J connectivity index is 1.41. The largest absolute Gasteiger partial charge is 0.454 e. The summed E-state index contributed by atoms with van der Waals surface area (Å²) in [6, 6.07) is 18.4. The van der Waals surface area contributed by atoms with Crippen LogP contribution in [0, 0.1) is 0 Å². The maximum atomic E-state index is 13.5. The first-order chi connectivity index (χ1) is 16.9. The number of fused-ring (bicyclic) bond motifs is 1. The molecule has 1 unspecified atom stereocenters. The molecule has 2 aliphatic heterocycles. The zero-order valence-electron chi connectivity index (χ0n) is 18.2. The number of carbonyl (C=O) groups excluding carboxylic acids is 2. The van der Waals surface area contributed by atoms with Gasteiger partial charge in [0.05, 0.1) is 12.1 Å². The van der Waals surface area contributed by atoms with Crippen LogP contribution in [0.25, 0.3) is 0 Å². The number of thiocarbonyl (C=S) groups is 1. The molecule has 1 saturated heterocycles. The van der Waals surface area contributed by atoms with Gasteiger partial charge in [0.25, 0.3) is 5.91 Å². The number of benzene rings is 3. The minimum absolute atomic E-state index is 0.0871. The normalized spacial score (nSPS) is 16.7. The molecule has 0 aromatic heterocycles. The van der Waals surface area contributed by atoms with Crippen LogP contribution in [-0.2, 0) is 16.1 Å². The third-order valence-electron chi connectivity index (χ3n) is 5.70. The highest BCUT2D eigenvalue weighted by molar-refractivity contribution is 7.80. The summed E-state index contributed by atoms with van der Waals surface area (Å²) in [4.78, 5) is 29.6. The zero-order valence-corrected chi connectivity index (χ0v) is 20.6. The second-order valence-electron chi connectivity index (χ2n) is 8.02. The van der Waals surface area contributed by atoms with Crippen molar-refractivity contribution < 1.29 is 19.1 Å². The number of carbonyl (C=O) groups is 2. The van der Waals surface area contributed by atoms with Gasteiger partial charge in [0.1, 0.15) is 6.04 Å². The van der Waals surface area contributed by atoms with Gasteiger partial charge in [-0.25, -0.2) is 0 Å². The van der Waals surface area contributed by atoms with E-state index < -0.39 is 6.04 Å². The predicted molar refractivity (Wildman–Crippen MR) is 138 cm³/mol. The van der Waals surface area contributed by atoms with E-state index in [0.29, 0.717) is 44.6 Å². The van der Waals surface area contributed by atoms with Crippen LogP contribution >= 0.6 is 35.4 Å². The van der Waals surface area contributed by atoms with E-state index in [1.54, 1.807) is 53.4 Å². The fraction of sp³-hybridized carbons (Fsp3) is 0.160. The average molecular weight is 528 g/mol. The van der Waals surface area contributed by atoms with Gasteiger partial charge in [0.15, 0.2) is 16.6 Å². The first-order valence-electron chi connectivity index (χ1n) is 10.7. The molecule has 35 heavy (non-hydrogen) atoms. The minimum atomic E-state index is -0.795. The number of rotatable bonds is 6. The Morgan fingerprint density at radius 3 is 2.34 bits per heavy atom. The quantitative estimate of drug-likeness (QED) is 0.441. The van der Waals surface area contributed by atoms with Crippen molar-refractivity contribution in [3.05, 3.63) is 82.3 Å². The van der Waals surface area contributed by atoms with Crippen LogP contribution in [0.1, 0.15) is 12.0 Å². The van der Waals surface area contributed by atoms with Crippen LogP contribution in [-0.4, -0.2) is 34.7 Å². The van der Waals surface area contributed by atoms with Crippen LogP contribution in [0.2, 0.25) is 10.0 Å². The molecular formula is C25H19Cl2N3O4S. The summed E-state index contributed by atoms with van der Waals surface area (Å²) in [6.07, 6.45) is -0.0871. The van der Waals surface area contributed by atoms with Crippen molar-refractivity contribution in [3.63, 3.8) is 0 Å². The lowest BCUT2D eigenvalue weighted by molar-refractivity contribution is -0.124. The molecule has 0 bridgehead atoms. The predicted octanol–water partition coefficient (Wildman–Crippen LogP) is 5.25. The number of ether oxygens (including phenoxy) is 2. The Labute approximate surface area is 217 Å². The van der Waals surface area contributed by atoms with Gasteiger partial charge < -0.3 is 19.7 Å². The highest BCUT2D eigenvalue weighted by atomic mass is 35.5. The topological polar surface area (TPSA) is 71.1 Å². The smallest absolute Gasteiger partial charge is 0.256 e. The van der Waals surface area contributed by atoms with E-state index in [4.69, 9.17) is 44.9 Å². The van der Waals surface area contributed by atoms with Gasteiger partial charge in [-0.15, -0.1) is 0 Å². The fourth-order valence-electron chi connectivity index (χ4n) is 4.00. The Morgan fingerprint density at radius 1 is 0.971 bits per heavy atom. The van der Waals surface area contributed by atoms with E-state index in [1.807, 2.05) is 18.2 Å². The summed E-state index contributed by atoms with van der Waals surface area (Å²) in [5.74, 6) is 0.687. The molecule has 0 aliphatic carbocycles. The third kappa shape index (κ3) is 4.91. The zero-order chi connectivity index (χ0) is 24.5. The van der Waals surface area contributed by atoms with Crippen molar-refractivity contribution in [1.82, 2.24) is 4.90 Å². The van der Waals surface area contributed by atoms with Crippen LogP contribution < -0.4 is 19.7 Å². The third-order valence-corrected chi connectivity index (χ3v) is 6.62. The van der Waals surface area contributed by atoms with Crippen LogP contribution in [0.4, 0.5) is 11.4 Å². The van der Waals surface area contributed by atoms with Crippen LogP contribution in [0.3, 0.4) is 0 Å². The molecule has 1 N–H and O–H groups in total. The van der Waals surface area contributed by atoms with E-state index in [-0.39, 0.29) is 25.0 Å². The van der Waals surface area contributed by atoms with Crippen molar-refractivity contribution in [2.75, 3.05) is 17.0 Å². The monoisotopic (exact) mass is 527 g/mol. The molecule has 1 fully saturated rings. The summed E-state index contributed by atoms with van der Waals surface area (Å²) in [6.45, 7) is 0.474. The highest BCUT2D eigenvalue weighted by Crippen LogP contribution is 2.35. The van der Waals surface area contributed by atoms with E-state index in [2.05, 4.69) is 5.32 Å². The Hall–Kier alpha value is -3.33. The molecule has 0 saturated carbocycles. The van der Waals surface area contributed by atoms with Gasteiger partial charge in [0.2, 0.25) is 12.7 Å². The van der Waals surface area contributed by atoms with E-state index in [9.17, 15) is 9.59 Å². The number of amides is 2. The molecule has 2 heterocycles. The minimum Gasteiger partial charge on any atom is -0.454 e. The molecule has 7 nitrogen and oxygen atoms in total. The highest BCUT2D eigenvalue weighted by Gasteiger charge is 2.44. The molecule has 2 aliphatic rings. The lowest BCUT2D eigenvalue weighted by Gasteiger charge is -2.24. The Morgan fingerprint density at radius 2 is 1.63 bits per heavy atom. The molecule has 5 rings (SSSR count). The second kappa shape index (κ2) is 9.73. The van der Waals surface area contributed by atoms with Gasteiger partial charge in [-0.05, 0) is 78.4 Å². The Kier molecular flexibility index (Phi) is 6.51. The second-order valence-corrected chi connectivity index (χ2v) is 9.26. The molecule has 3 aromatic rings. The maximum Gasteiger partial charge on any atom is 0.256 e. The number of anilines is 2. The first-order valence-corrected chi connectivity index (χ1v) is 11.9. The van der Waals surface area contributed by atoms with Crippen molar-refractivity contribution >= 4 is 63.7 Å². The lowest BCUT2D eigenvalue weighted by Crippen LogP contribution is -2.37. The summed E-state index contributed by atoms with van der Waals surface area (Å²) < 4.78 is 10.9. The molecule has 0 spiro atoms. The SMILES string of the molecule is O=C(CC1C(=O)N(c2ccc(Cl)cc2)C(=S)N1Cc1ccc2c(c1)OCO2)Nc1ccc(Cl)cc1. The van der Waals surface area contributed by atoms with Gasteiger partial charge >= 0.3 is 0 Å². The van der Waals surface area contributed by atoms with Crippen LogP contribution in [0.15, 0.2) is 66.7 Å². The first kappa shape index (κ1) is 23.4. The van der Waals surface area contributed by atoms with E-state index in [0.717, 1.165) is 5.56 Å². The van der Waals surface area contributed by atoms with Gasteiger partial charge in [0, 0.05) is 22.3 Å². The molecule has 0 radical (unpaired) electrons. The molecule has 178 valence electrons. The number of nitrogens with one attached hydrogen (secondary N) is 1. The number of nitrogens with zero attached hydrogens (tertiary/aromatic N) is 2. The molecule has 2 amide bonds. The number of halogens is 2. The number of hydrogen-bond acceptors (Lipinski definition) is 5. The van der Waals surface area contributed by atoms with E-state index in [1.165, 1.54) is 4.90 Å². The van der Waals surface area contributed by atoms with Crippen LogP contribution in [0.5, 0.6) is 11.5 Å². The Bertz CT molecular complexity index is 1300. The fourth-order valence-corrected chi connectivity index (χ4v) is 4.64. The standard InChI is InChI=1S/C25H19Cl2N3O4S/c26-16-2-6-18(7-3-16)28-23(31)12-20-24(32)30(19-8-4-17(27)5-9-19)25(35)29(20)13-15-1-10-21-22(11-15)34-14-33-21/h1-11,20H,12-14H2,(H,28,31).